The van der Waals surface area contributed by atoms with E-state index in [0.717, 1.165) is 16.6 Å². The van der Waals surface area contributed by atoms with E-state index in [9.17, 15) is 4.79 Å². The van der Waals surface area contributed by atoms with Crippen molar-refractivity contribution in [1.82, 2.24) is 4.98 Å². The first-order valence-corrected chi connectivity index (χ1v) is 6.38. The molecule has 0 saturated heterocycles. The molecular weight excluding hydrogens is 246 g/mol. The molecule has 2 aromatic rings. The lowest BCUT2D eigenvalue weighted by Gasteiger charge is -2.03. The number of hydrogen-bond acceptors (Lipinski definition) is 3. The normalized spacial score (nSPS) is 11.0. The Kier molecular flexibility index (Phi) is 3.58. The maximum atomic E-state index is 10.4. The molecule has 1 aromatic heterocycles. The molecule has 0 amide bonds. The van der Waals surface area contributed by atoms with E-state index in [1.807, 2.05) is 19.2 Å². The maximum Gasteiger partial charge on any atom is 0.328 e. The van der Waals surface area contributed by atoms with Gasteiger partial charge in [0.25, 0.3) is 0 Å². The Morgan fingerprint density at radius 3 is 2.89 bits per heavy atom. The van der Waals surface area contributed by atoms with Crippen LogP contribution in [-0.2, 0) is 4.79 Å². The van der Waals surface area contributed by atoms with Crippen LogP contribution in [0.25, 0.3) is 16.6 Å². The number of aliphatic carboxylic acids is 1. The summed E-state index contributed by atoms with van der Waals surface area (Å²) < 4.78 is 0. The van der Waals surface area contributed by atoms with Crippen molar-refractivity contribution in [2.75, 3.05) is 0 Å². The number of aromatic nitrogens is 1. The number of carboxylic acid groups (broad SMARTS) is 1. The summed E-state index contributed by atoms with van der Waals surface area (Å²) in [6.07, 6.45) is 2.61. The van der Waals surface area contributed by atoms with Gasteiger partial charge in [0.15, 0.2) is 0 Å². The molecule has 18 heavy (non-hydrogen) atoms. The van der Waals surface area contributed by atoms with Crippen molar-refractivity contribution in [3.63, 3.8) is 0 Å². The predicted octanol–water partition coefficient (Wildman–Crippen LogP) is 3.52. The Bertz CT molecular complexity index is 614. The van der Waals surface area contributed by atoms with E-state index in [4.69, 9.17) is 5.11 Å². The van der Waals surface area contributed by atoms with Crippen molar-refractivity contribution in [3.8, 4) is 10.6 Å². The zero-order valence-electron chi connectivity index (χ0n) is 10.2. The maximum absolute atomic E-state index is 10.4. The second-order valence-corrected chi connectivity index (χ2v) is 4.93. The first kappa shape index (κ1) is 12.5. The monoisotopic (exact) mass is 259 g/mol. The molecule has 0 aliphatic carbocycles. The Balaban J connectivity index is 2.35. The summed E-state index contributed by atoms with van der Waals surface area (Å²) in [5, 5.41) is 11.3. The number of benzene rings is 1. The predicted molar refractivity (Wildman–Crippen MR) is 73.7 cm³/mol. The van der Waals surface area contributed by atoms with Gasteiger partial charge in [0.2, 0.25) is 0 Å². The van der Waals surface area contributed by atoms with Crippen LogP contribution in [-0.4, -0.2) is 16.1 Å². The van der Waals surface area contributed by atoms with Gasteiger partial charge in [-0.2, -0.15) is 0 Å². The molecule has 1 aromatic carbocycles. The minimum Gasteiger partial charge on any atom is -0.478 e. The molecular formula is C14H13NO2S. The van der Waals surface area contributed by atoms with Crippen LogP contribution >= 0.6 is 11.3 Å². The highest BCUT2D eigenvalue weighted by atomic mass is 32.1. The number of rotatable bonds is 3. The topological polar surface area (TPSA) is 50.2 Å². The standard InChI is InChI=1S/C14H13NO2S/c1-9-3-4-10(2)12(7-9)14-15-11(8-18-14)5-6-13(16)17/h3-8H,1-2H3,(H,16,17)/b6-5+. The van der Waals surface area contributed by atoms with Crippen molar-refractivity contribution < 1.29 is 9.90 Å². The molecule has 0 fully saturated rings. The second-order valence-electron chi connectivity index (χ2n) is 4.07. The third-order valence-corrected chi connectivity index (χ3v) is 3.44. The van der Waals surface area contributed by atoms with Gasteiger partial charge >= 0.3 is 5.97 Å². The van der Waals surface area contributed by atoms with E-state index < -0.39 is 5.97 Å². The lowest BCUT2D eigenvalue weighted by molar-refractivity contribution is -0.131. The van der Waals surface area contributed by atoms with Gasteiger partial charge in [0, 0.05) is 17.0 Å². The van der Waals surface area contributed by atoms with Crippen LogP contribution in [0.3, 0.4) is 0 Å². The zero-order valence-corrected chi connectivity index (χ0v) is 11.0. The van der Waals surface area contributed by atoms with E-state index in [2.05, 4.69) is 23.2 Å². The molecule has 0 radical (unpaired) electrons. The molecule has 0 atom stereocenters. The summed E-state index contributed by atoms with van der Waals surface area (Å²) in [5.41, 5.74) is 4.14. The highest BCUT2D eigenvalue weighted by Crippen LogP contribution is 2.28. The molecule has 1 heterocycles. The summed E-state index contributed by atoms with van der Waals surface area (Å²) in [7, 11) is 0. The minimum absolute atomic E-state index is 0.679. The Labute approximate surface area is 109 Å². The Hall–Kier alpha value is -1.94. The number of carbonyl (C=O) groups is 1. The fourth-order valence-electron chi connectivity index (χ4n) is 1.61. The SMILES string of the molecule is Cc1ccc(C)c(-c2nc(/C=C/C(=O)O)cs2)c1. The first-order valence-electron chi connectivity index (χ1n) is 5.50. The smallest absolute Gasteiger partial charge is 0.328 e. The van der Waals surface area contributed by atoms with Gasteiger partial charge < -0.3 is 5.11 Å². The van der Waals surface area contributed by atoms with Crippen LogP contribution in [0.5, 0.6) is 0 Å². The summed E-state index contributed by atoms with van der Waals surface area (Å²) in [4.78, 5) is 14.9. The highest BCUT2D eigenvalue weighted by molar-refractivity contribution is 7.13. The van der Waals surface area contributed by atoms with Crippen molar-refractivity contribution in [2.24, 2.45) is 0 Å². The third-order valence-electron chi connectivity index (χ3n) is 2.54. The molecule has 4 heteroatoms. The van der Waals surface area contributed by atoms with Gasteiger partial charge in [-0.25, -0.2) is 9.78 Å². The van der Waals surface area contributed by atoms with Gasteiger partial charge in [-0.3, -0.25) is 0 Å². The Morgan fingerprint density at radius 2 is 2.17 bits per heavy atom. The zero-order chi connectivity index (χ0) is 13.1. The molecule has 0 aliphatic rings. The molecule has 92 valence electrons. The average Bonchev–Trinajstić information content (AvgIpc) is 2.78. The van der Waals surface area contributed by atoms with E-state index >= 15 is 0 Å². The third kappa shape index (κ3) is 2.84. The lowest BCUT2D eigenvalue weighted by Crippen LogP contribution is -1.86. The molecule has 0 aliphatic heterocycles. The van der Waals surface area contributed by atoms with E-state index in [-0.39, 0.29) is 0 Å². The van der Waals surface area contributed by atoms with Crippen LogP contribution in [0.4, 0.5) is 0 Å². The molecule has 0 saturated carbocycles. The molecule has 0 bridgehead atoms. The highest BCUT2D eigenvalue weighted by Gasteiger charge is 2.06. The molecule has 3 nitrogen and oxygen atoms in total. The van der Waals surface area contributed by atoms with Crippen molar-refractivity contribution in [1.29, 1.82) is 0 Å². The van der Waals surface area contributed by atoms with E-state index in [1.165, 1.54) is 28.5 Å². The number of nitrogens with zero attached hydrogens (tertiary/aromatic N) is 1. The fraction of sp³-hybridized carbons (Fsp3) is 0.143. The largest absolute Gasteiger partial charge is 0.478 e. The van der Waals surface area contributed by atoms with Gasteiger partial charge in [0.05, 0.1) is 5.69 Å². The van der Waals surface area contributed by atoms with Gasteiger partial charge in [-0.05, 0) is 31.6 Å². The lowest BCUT2D eigenvalue weighted by atomic mass is 10.1. The van der Waals surface area contributed by atoms with Crippen molar-refractivity contribution >= 4 is 23.4 Å². The van der Waals surface area contributed by atoms with Crippen LogP contribution in [0.15, 0.2) is 29.7 Å². The minimum atomic E-state index is -0.962. The number of carboxylic acids is 1. The van der Waals surface area contributed by atoms with E-state index in [1.54, 1.807) is 0 Å². The van der Waals surface area contributed by atoms with E-state index in [0.29, 0.717) is 5.69 Å². The van der Waals surface area contributed by atoms with Crippen LogP contribution < -0.4 is 0 Å². The fourth-order valence-corrected chi connectivity index (χ4v) is 2.48. The first-order chi connectivity index (χ1) is 8.56. The molecule has 0 spiro atoms. The summed E-state index contributed by atoms with van der Waals surface area (Å²) in [6.45, 7) is 4.09. The van der Waals surface area contributed by atoms with Crippen molar-refractivity contribution in [2.45, 2.75) is 13.8 Å². The number of thiazole rings is 1. The quantitative estimate of drug-likeness (QED) is 0.858. The summed E-state index contributed by atoms with van der Waals surface area (Å²) in [5.74, 6) is -0.962. The van der Waals surface area contributed by atoms with Gasteiger partial charge in [-0.15, -0.1) is 11.3 Å². The molecule has 1 N–H and O–H groups in total. The number of hydrogen-bond donors (Lipinski definition) is 1. The van der Waals surface area contributed by atoms with Crippen LogP contribution in [0.2, 0.25) is 0 Å². The van der Waals surface area contributed by atoms with Crippen LogP contribution in [0, 0.1) is 13.8 Å². The average molecular weight is 259 g/mol. The summed E-state index contributed by atoms with van der Waals surface area (Å²) >= 11 is 1.52. The van der Waals surface area contributed by atoms with Crippen molar-refractivity contribution in [3.05, 3.63) is 46.5 Å². The summed E-state index contributed by atoms with van der Waals surface area (Å²) in [6, 6.07) is 6.23. The second kappa shape index (κ2) is 5.14. The Morgan fingerprint density at radius 1 is 1.39 bits per heavy atom. The molecule has 2 rings (SSSR count). The van der Waals surface area contributed by atoms with Gasteiger partial charge in [0.1, 0.15) is 5.01 Å². The van der Waals surface area contributed by atoms with Gasteiger partial charge in [-0.1, -0.05) is 17.7 Å². The molecule has 0 unspecified atom stereocenters. The van der Waals surface area contributed by atoms with Crippen LogP contribution in [0.1, 0.15) is 16.8 Å². The number of aryl methyl sites for hydroxylation is 2.